The van der Waals surface area contributed by atoms with Crippen molar-refractivity contribution >= 4 is 61.9 Å². The number of hydrogen-bond donors (Lipinski definition) is 3. The fraction of sp³-hybridized carbons (Fsp3) is 0.477. The highest BCUT2D eigenvalue weighted by molar-refractivity contribution is 7.22. The SMILES string of the molecule is CC(C)(O)c1cc2nc(N3CC(CN4CCC5(CC4)CC(CCc4cccc6c4C(=O)N(C4CCC(=O)NC4=O)C6=O)C5)C3)sc2cc1NC(=O)c1cccc(C(F)(F)F)n1. The van der Waals surface area contributed by atoms with Crippen molar-refractivity contribution in [3.05, 3.63) is 82.2 Å². The monoisotopic (exact) mass is 857 g/mol. The number of carbonyl (C=O) groups is 5. The number of aromatic nitrogens is 2. The fourth-order valence-corrected chi connectivity index (χ4v) is 11.0. The van der Waals surface area contributed by atoms with Crippen LogP contribution in [0.15, 0.2) is 48.5 Å². The van der Waals surface area contributed by atoms with Gasteiger partial charge in [-0.25, -0.2) is 9.97 Å². The van der Waals surface area contributed by atoms with Crippen molar-refractivity contribution in [1.29, 1.82) is 0 Å². The summed E-state index contributed by atoms with van der Waals surface area (Å²) in [6.07, 6.45) is 1.75. The third kappa shape index (κ3) is 7.91. The van der Waals surface area contributed by atoms with Crippen LogP contribution >= 0.6 is 11.3 Å². The van der Waals surface area contributed by atoms with Crippen LogP contribution in [0.25, 0.3) is 10.2 Å². The summed E-state index contributed by atoms with van der Waals surface area (Å²) in [5.74, 6) is -1.71. The zero-order valence-electron chi connectivity index (χ0n) is 33.8. The summed E-state index contributed by atoms with van der Waals surface area (Å²) in [4.78, 5) is 78.2. The molecule has 1 atom stereocenters. The van der Waals surface area contributed by atoms with Crippen LogP contribution in [0.3, 0.4) is 0 Å². The summed E-state index contributed by atoms with van der Waals surface area (Å²) >= 11 is 1.46. The van der Waals surface area contributed by atoms with E-state index in [9.17, 15) is 42.3 Å². The van der Waals surface area contributed by atoms with E-state index >= 15 is 0 Å². The second-order valence-electron chi connectivity index (χ2n) is 18.0. The number of imide groups is 2. The van der Waals surface area contributed by atoms with Crippen LogP contribution in [0.1, 0.15) is 107 Å². The van der Waals surface area contributed by atoms with Crippen molar-refractivity contribution in [2.45, 2.75) is 83.0 Å². The summed E-state index contributed by atoms with van der Waals surface area (Å²) < 4.78 is 40.5. The van der Waals surface area contributed by atoms with Gasteiger partial charge in [0, 0.05) is 43.2 Å². The minimum atomic E-state index is -4.70. The van der Waals surface area contributed by atoms with Gasteiger partial charge in [0.1, 0.15) is 17.4 Å². The molecule has 0 bridgehead atoms. The lowest BCUT2D eigenvalue weighted by molar-refractivity contribution is -0.141. The number of nitrogens with one attached hydrogen (secondary N) is 2. The Kier molecular flexibility index (Phi) is 10.3. The molecule has 0 radical (unpaired) electrons. The van der Waals surface area contributed by atoms with Crippen LogP contribution < -0.4 is 15.5 Å². The molecule has 2 aromatic carbocycles. The van der Waals surface area contributed by atoms with Crippen molar-refractivity contribution in [2.75, 3.05) is 42.9 Å². The summed E-state index contributed by atoms with van der Waals surface area (Å²) in [6.45, 7) is 7.95. The zero-order chi connectivity index (χ0) is 43.0. The molecule has 320 valence electrons. The highest BCUT2D eigenvalue weighted by Gasteiger charge is 2.48. The molecule has 1 unspecified atom stereocenters. The topological polar surface area (TPSA) is 165 Å². The maximum atomic E-state index is 13.5. The molecule has 17 heteroatoms. The summed E-state index contributed by atoms with van der Waals surface area (Å²) in [6, 6.07) is 10.9. The molecule has 2 aromatic heterocycles. The van der Waals surface area contributed by atoms with Crippen molar-refractivity contribution in [3.63, 3.8) is 0 Å². The fourth-order valence-electron chi connectivity index (χ4n) is 9.96. The number of benzene rings is 2. The number of halogens is 3. The van der Waals surface area contributed by atoms with Crippen molar-refractivity contribution in [2.24, 2.45) is 17.3 Å². The van der Waals surface area contributed by atoms with Gasteiger partial charge in [0.15, 0.2) is 5.13 Å². The molecular formula is C44H46F3N7O6S. The second kappa shape index (κ2) is 15.3. The number of aliphatic hydroxyl groups is 1. The number of likely N-dealkylation sites (tertiary alicyclic amines) is 1. The van der Waals surface area contributed by atoms with E-state index in [0.29, 0.717) is 45.9 Å². The number of fused-ring (bicyclic) bond motifs is 2. The molecule has 3 saturated heterocycles. The smallest absolute Gasteiger partial charge is 0.386 e. The number of nitrogens with zero attached hydrogens (tertiary/aromatic N) is 5. The van der Waals surface area contributed by atoms with E-state index in [1.54, 1.807) is 38.1 Å². The van der Waals surface area contributed by atoms with E-state index in [1.807, 2.05) is 6.07 Å². The van der Waals surface area contributed by atoms with E-state index in [4.69, 9.17) is 4.98 Å². The first-order chi connectivity index (χ1) is 28.9. The Morgan fingerprint density at radius 1 is 0.984 bits per heavy atom. The Morgan fingerprint density at radius 2 is 1.72 bits per heavy atom. The van der Waals surface area contributed by atoms with E-state index in [1.165, 1.54) is 17.4 Å². The summed E-state index contributed by atoms with van der Waals surface area (Å²) in [7, 11) is 0. The molecule has 4 fully saturated rings. The standard InChI is InChI=1S/C44H46F3N7O6S/c1-42(2,60)28-17-31-33(18-30(28)49-37(56)29-7-4-8-34(48-29)44(45,46)47)61-41(50-31)53-22-25(23-53)21-52-15-13-43(14-16-52)19-24(20-43)9-10-26-5-3-6-27-36(26)40(59)54(39(27)58)32-11-12-35(55)51-38(32)57/h3-8,17-18,24-25,32,60H,9-16,19-23H2,1-2H3,(H,49,56)(H,51,55,57). The lowest BCUT2D eigenvalue weighted by Gasteiger charge is -2.53. The number of anilines is 2. The largest absolute Gasteiger partial charge is 0.433 e. The molecule has 5 aliphatic rings. The molecule has 3 N–H and O–H groups in total. The number of pyridine rings is 1. The van der Waals surface area contributed by atoms with Crippen molar-refractivity contribution in [1.82, 2.24) is 25.1 Å². The first kappa shape index (κ1) is 41.1. The minimum absolute atomic E-state index is 0.0870. The lowest BCUT2D eigenvalue weighted by Crippen LogP contribution is -2.54. The van der Waals surface area contributed by atoms with E-state index in [-0.39, 0.29) is 24.2 Å². The number of rotatable bonds is 10. The predicted molar refractivity (Wildman–Crippen MR) is 220 cm³/mol. The van der Waals surface area contributed by atoms with E-state index < -0.39 is 53.0 Å². The maximum Gasteiger partial charge on any atom is 0.433 e. The second-order valence-corrected chi connectivity index (χ2v) is 19.0. The van der Waals surface area contributed by atoms with Gasteiger partial charge < -0.3 is 20.2 Å². The van der Waals surface area contributed by atoms with Crippen molar-refractivity contribution in [3.8, 4) is 0 Å². The third-order valence-corrected chi connectivity index (χ3v) is 14.3. The predicted octanol–water partition coefficient (Wildman–Crippen LogP) is 6.15. The van der Waals surface area contributed by atoms with Crippen LogP contribution in [-0.4, -0.2) is 93.2 Å². The normalized spacial score (nSPS) is 21.2. The van der Waals surface area contributed by atoms with Gasteiger partial charge in [0.05, 0.1) is 26.9 Å². The van der Waals surface area contributed by atoms with Crippen LogP contribution in [0.5, 0.6) is 0 Å². The Hall–Kier alpha value is -5.26. The molecule has 1 saturated carbocycles. The number of thiazole rings is 1. The Bertz CT molecular complexity index is 2460. The third-order valence-electron chi connectivity index (χ3n) is 13.2. The Morgan fingerprint density at radius 3 is 2.43 bits per heavy atom. The van der Waals surface area contributed by atoms with Gasteiger partial charge in [-0.15, -0.1) is 0 Å². The molecule has 13 nitrogen and oxygen atoms in total. The Labute approximate surface area is 353 Å². The van der Waals surface area contributed by atoms with Crippen LogP contribution in [-0.2, 0) is 27.8 Å². The van der Waals surface area contributed by atoms with Gasteiger partial charge in [0.2, 0.25) is 11.8 Å². The number of amides is 5. The maximum absolute atomic E-state index is 13.5. The van der Waals surface area contributed by atoms with Gasteiger partial charge >= 0.3 is 6.18 Å². The lowest BCUT2D eigenvalue weighted by atomic mass is 9.56. The van der Waals surface area contributed by atoms with Crippen LogP contribution in [0.2, 0.25) is 0 Å². The molecule has 1 spiro atoms. The Balaban J connectivity index is 0.753. The van der Waals surface area contributed by atoms with Crippen LogP contribution in [0.4, 0.5) is 24.0 Å². The average molecular weight is 858 g/mol. The molecule has 6 heterocycles. The molecule has 61 heavy (non-hydrogen) atoms. The van der Waals surface area contributed by atoms with Gasteiger partial charge in [0.25, 0.3) is 17.7 Å². The molecule has 9 rings (SSSR count). The highest BCUT2D eigenvalue weighted by Crippen LogP contribution is 2.54. The minimum Gasteiger partial charge on any atom is -0.386 e. The molecular weight excluding hydrogens is 812 g/mol. The van der Waals surface area contributed by atoms with Gasteiger partial charge in [-0.2, -0.15) is 13.2 Å². The summed E-state index contributed by atoms with van der Waals surface area (Å²) in [5, 5.41) is 16.7. The number of carbonyl (C=O) groups excluding carboxylic acids is 5. The van der Waals surface area contributed by atoms with E-state index in [0.717, 1.165) is 97.3 Å². The highest BCUT2D eigenvalue weighted by atomic mass is 32.1. The molecule has 4 aromatic rings. The van der Waals surface area contributed by atoms with Gasteiger partial charge in [-0.1, -0.05) is 29.5 Å². The van der Waals surface area contributed by atoms with Gasteiger partial charge in [-0.05, 0) is 119 Å². The zero-order valence-corrected chi connectivity index (χ0v) is 34.6. The van der Waals surface area contributed by atoms with Crippen molar-refractivity contribution < 1.29 is 42.3 Å². The number of hydrogen-bond acceptors (Lipinski definition) is 11. The summed E-state index contributed by atoms with van der Waals surface area (Å²) in [5.41, 5.74) is 0.288. The first-order valence-electron chi connectivity index (χ1n) is 20.8. The first-order valence-corrected chi connectivity index (χ1v) is 21.6. The quantitative estimate of drug-likeness (QED) is 0.158. The number of alkyl halides is 3. The van der Waals surface area contributed by atoms with E-state index in [2.05, 4.69) is 25.4 Å². The molecule has 4 aliphatic heterocycles. The molecule has 5 amide bonds. The van der Waals surface area contributed by atoms with Gasteiger partial charge in [-0.3, -0.25) is 34.2 Å². The number of piperidine rings is 2. The average Bonchev–Trinajstić information content (AvgIpc) is 3.71. The number of aryl methyl sites for hydroxylation is 1. The molecule has 1 aliphatic carbocycles. The van der Waals surface area contributed by atoms with Crippen LogP contribution in [0, 0.1) is 17.3 Å².